The van der Waals surface area contributed by atoms with Gasteiger partial charge in [-0.1, -0.05) is 18.2 Å². The van der Waals surface area contributed by atoms with Crippen LogP contribution in [0.25, 0.3) is 0 Å². The van der Waals surface area contributed by atoms with Crippen LogP contribution in [-0.2, 0) is 19.1 Å². The molecule has 0 aliphatic heterocycles. The Morgan fingerprint density at radius 2 is 1.67 bits per heavy atom. The first-order valence-electron chi connectivity index (χ1n) is 7.79. The summed E-state index contributed by atoms with van der Waals surface area (Å²) in [7, 11) is 0. The highest BCUT2D eigenvalue weighted by Gasteiger charge is 2.12. The first kappa shape index (κ1) is 19.8. The van der Waals surface area contributed by atoms with Gasteiger partial charge in [0.25, 0.3) is 11.8 Å². The summed E-state index contributed by atoms with van der Waals surface area (Å²) in [6.07, 6.45) is 0. The van der Waals surface area contributed by atoms with Crippen molar-refractivity contribution in [2.75, 3.05) is 25.1 Å². The number of hydrogen-bond donors (Lipinski definition) is 2. The molecule has 0 heterocycles. The Labute approximate surface area is 153 Å². The van der Waals surface area contributed by atoms with E-state index in [1.165, 1.54) is 0 Å². The van der Waals surface area contributed by atoms with Crippen LogP contribution >= 0.6 is 0 Å². The Kier molecular flexibility index (Phi) is 7.24. The summed E-state index contributed by atoms with van der Waals surface area (Å²) in [6.45, 7) is -1.44. The first-order chi connectivity index (χ1) is 12.9. The van der Waals surface area contributed by atoms with Gasteiger partial charge in [-0.15, -0.1) is 0 Å². The molecule has 0 aromatic heterocycles. The van der Waals surface area contributed by atoms with E-state index >= 15 is 0 Å². The summed E-state index contributed by atoms with van der Waals surface area (Å²) >= 11 is 0. The number of benzene rings is 2. The Bertz CT molecular complexity index is 815. The van der Waals surface area contributed by atoms with Crippen LogP contribution < -0.4 is 15.4 Å². The van der Waals surface area contributed by atoms with Gasteiger partial charge in [0.1, 0.15) is 23.9 Å². The van der Waals surface area contributed by atoms with Crippen LogP contribution in [0.15, 0.2) is 48.5 Å². The molecule has 0 atom stereocenters. The third-order valence-corrected chi connectivity index (χ3v) is 3.11. The van der Waals surface area contributed by atoms with Gasteiger partial charge in [-0.3, -0.25) is 14.4 Å². The summed E-state index contributed by atoms with van der Waals surface area (Å²) in [5.41, 5.74) is -0.246. The van der Waals surface area contributed by atoms with Crippen molar-refractivity contribution in [3.63, 3.8) is 0 Å². The zero-order valence-corrected chi connectivity index (χ0v) is 14.0. The average molecular weight is 378 g/mol. The van der Waals surface area contributed by atoms with Gasteiger partial charge in [0.05, 0.1) is 5.69 Å². The fraction of sp³-hybridized carbons (Fsp3) is 0.167. The van der Waals surface area contributed by atoms with E-state index in [1.807, 2.05) is 0 Å². The number of anilines is 1. The molecular formula is C18H16F2N2O5. The summed E-state index contributed by atoms with van der Waals surface area (Å²) in [5, 5.41) is 4.40. The van der Waals surface area contributed by atoms with Crippen molar-refractivity contribution in [1.29, 1.82) is 0 Å². The predicted molar refractivity (Wildman–Crippen MR) is 90.9 cm³/mol. The molecule has 9 heteroatoms. The van der Waals surface area contributed by atoms with Gasteiger partial charge in [0.2, 0.25) is 0 Å². The maximum atomic E-state index is 13.4. The molecule has 0 spiro atoms. The van der Waals surface area contributed by atoms with Crippen LogP contribution in [0.4, 0.5) is 14.5 Å². The fourth-order valence-corrected chi connectivity index (χ4v) is 1.86. The summed E-state index contributed by atoms with van der Waals surface area (Å²) < 4.78 is 36.0. The topological polar surface area (TPSA) is 93.7 Å². The molecule has 0 fully saturated rings. The van der Waals surface area contributed by atoms with E-state index in [-0.39, 0.29) is 12.3 Å². The number of ether oxygens (including phenoxy) is 2. The maximum absolute atomic E-state index is 13.4. The molecule has 2 amide bonds. The van der Waals surface area contributed by atoms with E-state index in [1.54, 1.807) is 30.3 Å². The number of rotatable bonds is 8. The smallest absolute Gasteiger partial charge is 0.325 e. The van der Waals surface area contributed by atoms with Crippen molar-refractivity contribution < 1.29 is 32.6 Å². The number of nitrogens with one attached hydrogen (secondary N) is 2. The molecular weight excluding hydrogens is 362 g/mol. The van der Waals surface area contributed by atoms with Crippen molar-refractivity contribution in [1.82, 2.24) is 5.32 Å². The highest BCUT2D eigenvalue weighted by molar-refractivity contribution is 5.93. The second-order valence-corrected chi connectivity index (χ2v) is 5.21. The lowest BCUT2D eigenvalue weighted by atomic mass is 10.3. The van der Waals surface area contributed by atoms with Crippen molar-refractivity contribution in [3.8, 4) is 5.75 Å². The number of para-hydroxylation sites is 1. The summed E-state index contributed by atoms with van der Waals surface area (Å²) in [6, 6.07) is 11.2. The minimum absolute atomic E-state index is 0.246. The number of esters is 1. The van der Waals surface area contributed by atoms with Crippen LogP contribution in [0, 0.1) is 11.6 Å². The van der Waals surface area contributed by atoms with Crippen LogP contribution in [0.5, 0.6) is 5.75 Å². The summed E-state index contributed by atoms with van der Waals surface area (Å²) in [5.74, 6) is -3.47. The second kappa shape index (κ2) is 9.85. The van der Waals surface area contributed by atoms with E-state index in [9.17, 15) is 23.2 Å². The van der Waals surface area contributed by atoms with E-state index in [0.717, 1.165) is 12.1 Å². The Hall–Kier alpha value is -3.49. The van der Waals surface area contributed by atoms with Gasteiger partial charge in [0.15, 0.2) is 13.2 Å². The molecule has 142 valence electrons. The zero-order valence-electron chi connectivity index (χ0n) is 14.0. The average Bonchev–Trinajstić information content (AvgIpc) is 2.66. The lowest BCUT2D eigenvalue weighted by Gasteiger charge is -2.09. The number of hydrogen-bond acceptors (Lipinski definition) is 5. The largest absolute Gasteiger partial charge is 0.484 e. The number of halogens is 2. The van der Waals surface area contributed by atoms with Gasteiger partial charge in [0, 0.05) is 6.07 Å². The normalized spacial score (nSPS) is 10.0. The lowest BCUT2D eigenvalue weighted by molar-refractivity contribution is -0.147. The highest BCUT2D eigenvalue weighted by atomic mass is 19.1. The number of carbonyl (C=O) groups excluding carboxylic acids is 3. The minimum atomic E-state index is -0.958. The van der Waals surface area contributed by atoms with Crippen LogP contribution in [-0.4, -0.2) is 37.5 Å². The van der Waals surface area contributed by atoms with E-state index in [0.29, 0.717) is 11.8 Å². The van der Waals surface area contributed by atoms with Crippen molar-refractivity contribution in [2.45, 2.75) is 0 Å². The molecule has 0 aliphatic rings. The molecule has 0 bridgehead atoms. The van der Waals surface area contributed by atoms with Crippen LogP contribution in [0.3, 0.4) is 0 Å². The van der Waals surface area contributed by atoms with Crippen molar-refractivity contribution >= 4 is 23.5 Å². The molecule has 2 rings (SSSR count). The van der Waals surface area contributed by atoms with Gasteiger partial charge in [-0.25, -0.2) is 8.78 Å². The molecule has 0 saturated carbocycles. The number of carbonyl (C=O) groups is 3. The molecule has 7 nitrogen and oxygen atoms in total. The summed E-state index contributed by atoms with van der Waals surface area (Å²) in [4.78, 5) is 34.7. The molecule has 0 saturated heterocycles. The van der Waals surface area contributed by atoms with Crippen LogP contribution in [0.1, 0.15) is 0 Å². The second-order valence-electron chi connectivity index (χ2n) is 5.21. The fourth-order valence-electron chi connectivity index (χ4n) is 1.86. The molecule has 2 aromatic rings. The lowest BCUT2D eigenvalue weighted by Crippen LogP contribution is -2.35. The zero-order chi connectivity index (χ0) is 19.6. The van der Waals surface area contributed by atoms with Crippen LogP contribution in [0.2, 0.25) is 0 Å². The van der Waals surface area contributed by atoms with E-state index in [2.05, 4.69) is 15.4 Å². The van der Waals surface area contributed by atoms with Gasteiger partial charge < -0.3 is 20.1 Å². The maximum Gasteiger partial charge on any atom is 0.325 e. The molecule has 2 aromatic carbocycles. The third-order valence-electron chi connectivity index (χ3n) is 3.11. The number of amides is 2. The van der Waals surface area contributed by atoms with E-state index < -0.39 is 42.6 Å². The molecule has 2 N–H and O–H groups in total. The highest BCUT2D eigenvalue weighted by Crippen LogP contribution is 2.14. The molecule has 0 aliphatic carbocycles. The molecule has 0 unspecified atom stereocenters. The van der Waals surface area contributed by atoms with Gasteiger partial charge >= 0.3 is 5.97 Å². The Morgan fingerprint density at radius 1 is 0.926 bits per heavy atom. The molecule has 0 radical (unpaired) electrons. The SMILES string of the molecule is O=C(COc1ccccc1)NCC(=O)OCC(=O)Nc1ccc(F)cc1F. The van der Waals surface area contributed by atoms with Crippen molar-refractivity contribution in [2.24, 2.45) is 0 Å². The van der Waals surface area contributed by atoms with Crippen molar-refractivity contribution in [3.05, 3.63) is 60.2 Å². The predicted octanol–water partition coefficient (Wildman–Crippen LogP) is 1.64. The van der Waals surface area contributed by atoms with Gasteiger partial charge in [-0.05, 0) is 24.3 Å². The van der Waals surface area contributed by atoms with E-state index in [4.69, 9.17) is 4.74 Å². The van der Waals surface area contributed by atoms with Gasteiger partial charge in [-0.2, -0.15) is 0 Å². The monoisotopic (exact) mass is 378 g/mol. The Balaban J connectivity index is 1.65. The molecule has 27 heavy (non-hydrogen) atoms. The quantitative estimate of drug-likeness (QED) is 0.681. The third kappa shape index (κ3) is 7.10. The Morgan fingerprint density at radius 3 is 2.37 bits per heavy atom. The standard InChI is InChI=1S/C18H16F2N2O5/c19-12-6-7-15(14(20)8-12)22-17(24)11-27-18(25)9-21-16(23)10-26-13-4-2-1-3-5-13/h1-8H,9-11H2,(H,21,23)(H,22,24). The first-order valence-corrected chi connectivity index (χ1v) is 7.79. The minimum Gasteiger partial charge on any atom is -0.484 e.